The quantitative estimate of drug-likeness (QED) is 0.384. The highest BCUT2D eigenvalue weighted by Gasteiger charge is 2.14. The maximum atomic E-state index is 11.6. The van der Waals surface area contributed by atoms with E-state index in [1.165, 1.54) is 0 Å². The van der Waals surface area contributed by atoms with Crippen molar-refractivity contribution >= 4 is 45.7 Å². The Balaban J connectivity index is 1.72. The Hall–Kier alpha value is -2.99. The number of aromatic amines is 2. The fourth-order valence-corrected chi connectivity index (χ4v) is 3.36. The molecule has 5 nitrogen and oxygen atoms in total. The number of aromatic nitrogens is 3. The molecule has 0 spiro atoms. The lowest BCUT2D eigenvalue weighted by atomic mass is 10.1. The number of carbonyl (C=O) groups is 1. The minimum atomic E-state index is -0.981. The first-order valence-corrected chi connectivity index (χ1v) is 8.16. The maximum absolute atomic E-state index is 11.6. The normalized spacial score (nSPS) is 12.1. The van der Waals surface area contributed by atoms with E-state index in [4.69, 9.17) is 0 Å². The summed E-state index contributed by atoms with van der Waals surface area (Å²) in [4.78, 5) is 22.6. The van der Waals surface area contributed by atoms with Gasteiger partial charge >= 0.3 is 5.97 Å². The van der Waals surface area contributed by atoms with E-state index in [1.807, 2.05) is 54.7 Å². The molecule has 2 aromatic carbocycles. The lowest BCUT2D eigenvalue weighted by Crippen LogP contribution is -1.97. The Morgan fingerprint density at radius 3 is 2.62 bits per heavy atom. The summed E-state index contributed by atoms with van der Waals surface area (Å²) in [7, 11) is 0. The zero-order valence-corrected chi connectivity index (χ0v) is 13.3. The average molecular weight is 335 g/mol. The van der Waals surface area contributed by atoms with Crippen LogP contribution < -0.4 is 0 Å². The predicted octanol–water partition coefficient (Wildman–Crippen LogP) is 4.26. The second kappa shape index (κ2) is 5.90. The molecule has 0 fully saturated rings. The predicted molar refractivity (Wildman–Crippen MR) is 95.9 cm³/mol. The number of nitrogens with one attached hydrogen (secondary N) is 2. The summed E-state index contributed by atoms with van der Waals surface area (Å²) in [5.41, 5.74) is 3.52. The Bertz CT molecular complexity index is 1040. The minimum Gasteiger partial charge on any atom is -0.477 e. The lowest BCUT2D eigenvalue weighted by molar-refractivity contribution is -0.131. The van der Waals surface area contributed by atoms with Gasteiger partial charge in [-0.1, -0.05) is 30.3 Å². The van der Waals surface area contributed by atoms with Gasteiger partial charge in [0, 0.05) is 22.7 Å². The summed E-state index contributed by atoms with van der Waals surface area (Å²) in [5, 5.41) is 11.1. The monoisotopic (exact) mass is 335 g/mol. The molecule has 0 aliphatic carbocycles. The Morgan fingerprint density at radius 1 is 1.08 bits per heavy atom. The molecule has 24 heavy (non-hydrogen) atoms. The summed E-state index contributed by atoms with van der Waals surface area (Å²) in [6.07, 6.45) is 3.48. The number of carboxylic acids is 1. The molecule has 0 bridgehead atoms. The molecule has 2 aromatic heterocycles. The van der Waals surface area contributed by atoms with Crippen LogP contribution in [0.15, 0.2) is 64.8 Å². The van der Waals surface area contributed by atoms with Gasteiger partial charge in [-0.2, -0.15) is 0 Å². The van der Waals surface area contributed by atoms with E-state index in [2.05, 4.69) is 15.0 Å². The van der Waals surface area contributed by atoms with Crippen molar-refractivity contribution < 1.29 is 9.90 Å². The Labute approximate surface area is 141 Å². The molecular formula is C18H13N3O2S. The molecule has 0 atom stereocenters. The van der Waals surface area contributed by atoms with Crippen LogP contribution in [-0.2, 0) is 4.79 Å². The molecule has 0 radical (unpaired) electrons. The zero-order chi connectivity index (χ0) is 16.5. The molecule has 4 aromatic rings. The smallest absolute Gasteiger partial charge is 0.342 e. The zero-order valence-electron chi connectivity index (χ0n) is 12.5. The number of carboxylic acid groups (broad SMARTS) is 1. The highest BCUT2D eigenvalue weighted by molar-refractivity contribution is 8.04. The molecular weight excluding hydrogens is 322 g/mol. The number of benzene rings is 2. The van der Waals surface area contributed by atoms with Gasteiger partial charge in [0.1, 0.15) is 4.91 Å². The highest BCUT2D eigenvalue weighted by atomic mass is 32.2. The van der Waals surface area contributed by atoms with Gasteiger partial charge in [0.2, 0.25) is 0 Å². The van der Waals surface area contributed by atoms with Gasteiger partial charge in [-0.05, 0) is 36.0 Å². The second-order valence-corrected chi connectivity index (χ2v) is 6.30. The minimum absolute atomic E-state index is 0.207. The number of aliphatic carboxylic acids is 1. The largest absolute Gasteiger partial charge is 0.477 e. The van der Waals surface area contributed by atoms with Gasteiger partial charge in [0.15, 0.2) is 5.16 Å². The number of rotatable bonds is 4. The Morgan fingerprint density at radius 2 is 1.83 bits per heavy atom. The van der Waals surface area contributed by atoms with E-state index < -0.39 is 5.97 Å². The van der Waals surface area contributed by atoms with Gasteiger partial charge in [-0.25, -0.2) is 9.78 Å². The van der Waals surface area contributed by atoms with Crippen molar-refractivity contribution in [2.75, 3.05) is 0 Å². The van der Waals surface area contributed by atoms with Crippen LogP contribution in [0.5, 0.6) is 0 Å². The van der Waals surface area contributed by atoms with Crippen molar-refractivity contribution in [1.29, 1.82) is 0 Å². The SMILES string of the molecule is O=C(O)/C(=C/c1c[nH]c2ccccc12)Sc1nc2ccccc2[nH]1. The molecule has 0 amide bonds. The number of hydrogen-bond donors (Lipinski definition) is 3. The van der Waals surface area contributed by atoms with Gasteiger partial charge in [-0.15, -0.1) is 0 Å². The molecule has 0 aliphatic rings. The molecule has 2 heterocycles. The molecule has 0 saturated heterocycles. The van der Waals surface area contributed by atoms with Crippen molar-refractivity contribution in [2.24, 2.45) is 0 Å². The van der Waals surface area contributed by atoms with E-state index in [9.17, 15) is 9.90 Å². The van der Waals surface area contributed by atoms with Crippen molar-refractivity contribution in [3.63, 3.8) is 0 Å². The molecule has 3 N–H and O–H groups in total. The van der Waals surface area contributed by atoms with Crippen LogP contribution in [0.25, 0.3) is 28.0 Å². The molecule has 118 valence electrons. The van der Waals surface area contributed by atoms with E-state index in [0.717, 1.165) is 39.3 Å². The number of hydrogen-bond acceptors (Lipinski definition) is 3. The van der Waals surface area contributed by atoms with Gasteiger partial charge < -0.3 is 15.1 Å². The van der Waals surface area contributed by atoms with Gasteiger partial charge in [0.05, 0.1) is 11.0 Å². The van der Waals surface area contributed by atoms with E-state index in [-0.39, 0.29) is 4.91 Å². The topological polar surface area (TPSA) is 81.8 Å². The van der Waals surface area contributed by atoms with Crippen LogP contribution in [-0.4, -0.2) is 26.0 Å². The van der Waals surface area contributed by atoms with Gasteiger partial charge in [0.25, 0.3) is 0 Å². The number of imidazole rings is 1. The van der Waals surface area contributed by atoms with Crippen LogP contribution in [0.2, 0.25) is 0 Å². The summed E-state index contributed by atoms with van der Waals surface area (Å²) < 4.78 is 0. The van der Waals surface area contributed by atoms with Crippen molar-refractivity contribution in [1.82, 2.24) is 15.0 Å². The number of fused-ring (bicyclic) bond motifs is 2. The third-order valence-electron chi connectivity index (χ3n) is 3.69. The maximum Gasteiger partial charge on any atom is 0.342 e. The first kappa shape index (κ1) is 14.6. The van der Waals surface area contributed by atoms with Crippen molar-refractivity contribution in [3.8, 4) is 0 Å². The molecule has 0 unspecified atom stereocenters. The second-order valence-electron chi connectivity index (χ2n) is 5.26. The molecule has 0 aliphatic heterocycles. The van der Waals surface area contributed by atoms with E-state index in [1.54, 1.807) is 6.08 Å². The van der Waals surface area contributed by atoms with Crippen LogP contribution in [0.1, 0.15) is 5.56 Å². The summed E-state index contributed by atoms with van der Waals surface area (Å²) >= 11 is 1.11. The van der Waals surface area contributed by atoms with Crippen molar-refractivity contribution in [3.05, 3.63) is 65.2 Å². The van der Waals surface area contributed by atoms with Crippen LogP contribution in [0, 0.1) is 0 Å². The molecule has 4 rings (SSSR count). The highest BCUT2D eigenvalue weighted by Crippen LogP contribution is 2.30. The first-order chi connectivity index (χ1) is 11.7. The standard InChI is InChI=1S/C18H13N3O2S/c22-17(23)16(9-11-10-19-13-6-2-1-5-12(11)13)24-18-20-14-7-3-4-8-15(14)21-18/h1-10,19H,(H,20,21)(H,22,23)/b16-9-. The Kier molecular flexibility index (Phi) is 3.59. The van der Waals surface area contributed by atoms with E-state index in [0.29, 0.717) is 5.16 Å². The number of thioether (sulfide) groups is 1. The summed E-state index contributed by atoms with van der Waals surface area (Å²) in [6.45, 7) is 0. The van der Waals surface area contributed by atoms with Crippen LogP contribution >= 0.6 is 11.8 Å². The van der Waals surface area contributed by atoms with Gasteiger partial charge in [-0.3, -0.25) is 0 Å². The van der Waals surface area contributed by atoms with Crippen LogP contribution in [0.3, 0.4) is 0 Å². The number of H-pyrrole nitrogens is 2. The molecule has 6 heteroatoms. The lowest BCUT2D eigenvalue weighted by Gasteiger charge is -1.99. The third kappa shape index (κ3) is 2.68. The number of nitrogens with zero attached hydrogens (tertiary/aromatic N) is 1. The van der Waals surface area contributed by atoms with Crippen LogP contribution in [0.4, 0.5) is 0 Å². The number of para-hydroxylation sites is 3. The average Bonchev–Trinajstić information content (AvgIpc) is 3.18. The fourth-order valence-electron chi connectivity index (χ4n) is 2.57. The van der Waals surface area contributed by atoms with E-state index >= 15 is 0 Å². The molecule has 0 saturated carbocycles. The summed E-state index contributed by atoms with van der Waals surface area (Å²) in [6, 6.07) is 15.4. The summed E-state index contributed by atoms with van der Waals surface area (Å²) in [5.74, 6) is -0.981. The fraction of sp³-hybridized carbons (Fsp3) is 0. The third-order valence-corrected chi connectivity index (χ3v) is 4.59. The first-order valence-electron chi connectivity index (χ1n) is 7.34. The van der Waals surface area contributed by atoms with Crippen molar-refractivity contribution in [2.45, 2.75) is 5.16 Å².